The highest BCUT2D eigenvalue weighted by molar-refractivity contribution is 7.91. The molecule has 0 aromatic heterocycles. The zero-order valence-corrected chi connectivity index (χ0v) is 12.8. The molecule has 0 heterocycles. The van der Waals surface area contributed by atoms with Crippen LogP contribution in [0.2, 0.25) is 19.6 Å². The summed E-state index contributed by atoms with van der Waals surface area (Å²) in [5, 5.41) is 12.4. The molecule has 0 atom stereocenters. The largest absolute Gasteiger partial charge is 0.858 e. The van der Waals surface area contributed by atoms with Gasteiger partial charge in [0.1, 0.15) is 0 Å². The van der Waals surface area contributed by atoms with E-state index in [9.17, 15) is 26.7 Å². The maximum absolute atomic E-state index is 12.1. The quantitative estimate of drug-likeness (QED) is 0.476. The molecule has 0 spiro atoms. The van der Waals surface area contributed by atoms with Gasteiger partial charge >= 0.3 is 15.5 Å². The van der Waals surface area contributed by atoms with E-state index in [4.69, 9.17) is 0 Å². The van der Waals surface area contributed by atoms with Gasteiger partial charge < -0.3 is 5.11 Å². The Bertz CT molecular complexity index is 616. The van der Waals surface area contributed by atoms with Crippen molar-refractivity contribution in [2.75, 3.05) is 0 Å². The maximum Gasteiger partial charge on any atom is 0.518 e. The van der Waals surface area contributed by atoms with Gasteiger partial charge in [0.15, 0.2) is 0 Å². The second kappa shape index (κ2) is 5.21. The van der Waals surface area contributed by atoms with E-state index in [1.807, 2.05) is 0 Å². The second-order valence-electron chi connectivity index (χ2n) is 5.14. The molecule has 0 bridgehead atoms. The van der Waals surface area contributed by atoms with Gasteiger partial charge in [0.2, 0.25) is 0 Å². The average molecular weight is 324 g/mol. The van der Waals surface area contributed by atoms with E-state index in [1.54, 1.807) is 12.1 Å². The molecule has 4 nitrogen and oxygen atoms in total. The summed E-state index contributed by atoms with van der Waals surface area (Å²) in [7, 11) is -7.41. The molecule has 1 rings (SSSR count). The van der Waals surface area contributed by atoms with Crippen LogP contribution < -0.4 is 10.3 Å². The maximum atomic E-state index is 12.1. The molecule has 0 radical (unpaired) electrons. The molecule has 0 saturated carbocycles. The van der Waals surface area contributed by atoms with E-state index in [0.29, 0.717) is 0 Å². The first-order valence-corrected chi connectivity index (χ1v) is 10.5. The van der Waals surface area contributed by atoms with Crippen molar-refractivity contribution < 1.29 is 26.7 Å². The molecule has 112 valence electrons. The molecule has 0 aliphatic carbocycles. The van der Waals surface area contributed by atoms with Gasteiger partial charge in [-0.3, -0.25) is 0 Å². The normalized spacial score (nSPS) is 14.4. The van der Waals surface area contributed by atoms with Gasteiger partial charge in [0.05, 0.1) is 8.07 Å². The van der Waals surface area contributed by atoms with Crippen LogP contribution in [0, 0.1) is 0 Å². The van der Waals surface area contributed by atoms with Gasteiger partial charge in [0, 0.05) is 5.90 Å². The van der Waals surface area contributed by atoms with E-state index in [2.05, 4.69) is 24.0 Å². The van der Waals surface area contributed by atoms with Crippen LogP contribution in [0.25, 0.3) is 0 Å². The predicted octanol–water partition coefficient (Wildman–Crippen LogP) is 1.19. The Morgan fingerprint density at radius 1 is 1.15 bits per heavy atom. The summed E-state index contributed by atoms with van der Waals surface area (Å²) < 4.78 is 60.1. The van der Waals surface area contributed by atoms with Gasteiger partial charge in [-0.15, -0.1) is 0 Å². The molecule has 0 aliphatic rings. The summed E-state index contributed by atoms with van der Waals surface area (Å²) in [4.78, 5) is 0. The highest BCUT2D eigenvalue weighted by Gasteiger charge is 2.45. The number of sulfonamides is 1. The lowest BCUT2D eigenvalue weighted by Crippen LogP contribution is -2.37. The third kappa shape index (κ3) is 3.82. The van der Waals surface area contributed by atoms with Crippen molar-refractivity contribution in [1.29, 1.82) is 0 Å². The van der Waals surface area contributed by atoms with Crippen LogP contribution in [0.15, 0.2) is 28.7 Å². The van der Waals surface area contributed by atoms with Crippen molar-refractivity contribution in [1.82, 2.24) is 0 Å². The van der Waals surface area contributed by atoms with Gasteiger partial charge in [-0.1, -0.05) is 49.1 Å². The highest BCUT2D eigenvalue weighted by atomic mass is 32.2. The SMILES string of the molecule is C[Si](C)(C)c1ccc(/C([O-])=N/S(=O)(=O)C(F)(F)F)cc1. The smallest absolute Gasteiger partial charge is 0.518 e. The Balaban J connectivity index is 3.14. The summed E-state index contributed by atoms with van der Waals surface area (Å²) in [6, 6.07) is 5.78. The lowest BCUT2D eigenvalue weighted by Gasteiger charge is -2.18. The van der Waals surface area contributed by atoms with Crippen molar-refractivity contribution in [3.05, 3.63) is 29.8 Å². The minimum Gasteiger partial charge on any atom is -0.858 e. The molecule has 9 heteroatoms. The molecule has 0 fully saturated rings. The zero-order valence-electron chi connectivity index (χ0n) is 11.0. The van der Waals surface area contributed by atoms with E-state index in [0.717, 1.165) is 5.19 Å². The van der Waals surface area contributed by atoms with Crippen molar-refractivity contribution in [2.24, 2.45) is 4.40 Å². The Morgan fingerprint density at radius 3 is 1.95 bits per heavy atom. The first-order chi connectivity index (χ1) is 8.84. The fourth-order valence-corrected chi connectivity index (χ4v) is 2.92. The van der Waals surface area contributed by atoms with Gasteiger partial charge in [0.25, 0.3) is 0 Å². The molecular formula is C11H13F3NO3SSi-. The van der Waals surface area contributed by atoms with Crippen molar-refractivity contribution in [3.8, 4) is 0 Å². The number of rotatable bonds is 3. The van der Waals surface area contributed by atoms with Crippen LogP contribution in [0.3, 0.4) is 0 Å². The minimum absolute atomic E-state index is 0.195. The number of halogens is 3. The molecule has 1 aromatic rings. The van der Waals surface area contributed by atoms with E-state index in [1.165, 1.54) is 12.1 Å². The summed E-state index contributed by atoms with van der Waals surface area (Å²) >= 11 is 0. The van der Waals surface area contributed by atoms with Gasteiger partial charge in [-0.2, -0.15) is 26.0 Å². The minimum atomic E-state index is -5.80. The zero-order chi connectivity index (χ0) is 15.8. The van der Waals surface area contributed by atoms with Crippen LogP contribution in [-0.4, -0.2) is 27.9 Å². The number of hydrogen-bond acceptors (Lipinski definition) is 3. The van der Waals surface area contributed by atoms with Crippen molar-refractivity contribution >= 4 is 29.2 Å². The average Bonchev–Trinajstić information content (AvgIpc) is 2.26. The number of nitrogens with zero attached hydrogens (tertiary/aromatic N) is 1. The third-order valence-electron chi connectivity index (χ3n) is 2.49. The highest BCUT2D eigenvalue weighted by Crippen LogP contribution is 2.24. The van der Waals surface area contributed by atoms with Crippen LogP contribution in [0.4, 0.5) is 13.2 Å². The van der Waals surface area contributed by atoms with Gasteiger partial charge in [-0.05, 0) is 5.56 Å². The number of hydrogen-bond donors (Lipinski definition) is 0. The van der Waals surface area contributed by atoms with Crippen molar-refractivity contribution in [2.45, 2.75) is 25.1 Å². The second-order valence-corrected chi connectivity index (χ2v) is 11.8. The molecule has 20 heavy (non-hydrogen) atoms. The van der Waals surface area contributed by atoms with E-state index >= 15 is 0 Å². The summed E-state index contributed by atoms with van der Waals surface area (Å²) in [5.74, 6) is -1.43. The fourth-order valence-electron chi connectivity index (χ4n) is 1.33. The van der Waals surface area contributed by atoms with Crippen LogP contribution >= 0.6 is 0 Å². The fraction of sp³-hybridized carbons (Fsp3) is 0.364. The summed E-state index contributed by atoms with van der Waals surface area (Å²) in [6.07, 6.45) is 0. The molecule has 0 aliphatic heterocycles. The van der Waals surface area contributed by atoms with E-state index < -0.39 is 29.5 Å². The molecule has 1 aromatic carbocycles. The number of benzene rings is 1. The third-order valence-corrected chi connectivity index (χ3v) is 5.55. The van der Waals surface area contributed by atoms with Crippen LogP contribution in [0.5, 0.6) is 0 Å². The Hall–Kier alpha value is -1.35. The molecule has 0 N–H and O–H groups in total. The first kappa shape index (κ1) is 16.7. The molecular weight excluding hydrogens is 311 g/mol. The molecule has 0 saturated heterocycles. The predicted molar refractivity (Wildman–Crippen MR) is 70.9 cm³/mol. The lowest BCUT2D eigenvalue weighted by atomic mass is 10.2. The van der Waals surface area contributed by atoms with Gasteiger partial charge in [-0.25, -0.2) is 0 Å². The van der Waals surface area contributed by atoms with Crippen LogP contribution in [-0.2, 0) is 10.0 Å². The molecule has 0 unspecified atom stereocenters. The monoisotopic (exact) mass is 324 g/mol. The Kier molecular flexibility index (Phi) is 4.35. The summed E-state index contributed by atoms with van der Waals surface area (Å²) in [5.41, 5.74) is -5.76. The topological polar surface area (TPSA) is 69.6 Å². The van der Waals surface area contributed by atoms with Crippen molar-refractivity contribution in [3.63, 3.8) is 0 Å². The first-order valence-electron chi connectivity index (χ1n) is 5.54. The Morgan fingerprint density at radius 2 is 1.60 bits per heavy atom. The molecule has 0 amide bonds. The van der Waals surface area contributed by atoms with E-state index in [-0.39, 0.29) is 5.56 Å². The lowest BCUT2D eigenvalue weighted by molar-refractivity contribution is -0.212. The summed E-state index contributed by atoms with van der Waals surface area (Å²) in [6.45, 7) is 6.17. The standard InChI is InChI=1S/C11H14F3NO3SSi/c1-20(2,3)9-6-4-8(5-7-9)10(16)15-19(17,18)11(12,13)14/h4-7H,1-3H3,(H,15,16)/p-1. The van der Waals surface area contributed by atoms with Crippen LogP contribution in [0.1, 0.15) is 5.56 Å². The number of alkyl halides is 3. The Labute approximate surface area is 116 Å².